The zero-order valence-corrected chi connectivity index (χ0v) is 12.6. The fourth-order valence-electron chi connectivity index (χ4n) is 2.55. The second kappa shape index (κ2) is 6.42. The van der Waals surface area contributed by atoms with E-state index in [1.165, 1.54) is 12.8 Å². The van der Waals surface area contributed by atoms with Crippen molar-refractivity contribution < 1.29 is 4.42 Å². The summed E-state index contributed by atoms with van der Waals surface area (Å²) < 4.78 is 5.66. The Kier molecular flexibility index (Phi) is 4.86. The lowest BCUT2D eigenvalue weighted by atomic mass is 9.95. The Morgan fingerprint density at radius 3 is 2.95 bits per heavy atom. The van der Waals surface area contributed by atoms with Gasteiger partial charge in [-0.15, -0.1) is 0 Å². The first-order chi connectivity index (χ1) is 9.06. The molecule has 1 aliphatic heterocycles. The normalized spacial score (nSPS) is 24.2. The van der Waals surface area contributed by atoms with Crippen LogP contribution < -0.4 is 10.2 Å². The fourth-order valence-corrected chi connectivity index (χ4v) is 2.55. The number of aromatic nitrogens is 1. The minimum Gasteiger partial charge on any atom is -0.432 e. The van der Waals surface area contributed by atoms with Gasteiger partial charge in [-0.05, 0) is 38.1 Å². The molecule has 0 saturated carbocycles. The van der Waals surface area contributed by atoms with Crippen LogP contribution in [-0.2, 0) is 6.54 Å². The predicted molar refractivity (Wildman–Crippen MR) is 78.3 cm³/mol. The molecule has 4 nitrogen and oxygen atoms in total. The predicted octanol–water partition coefficient (Wildman–Crippen LogP) is 3.05. The molecule has 0 aromatic carbocycles. The topological polar surface area (TPSA) is 41.3 Å². The van der Waals surface area contributed by atoms with Crippen molar-refractivity contribution in [3.63, 3.8) is 0 Å². The summed E-state index contributed by atoms with van der Waals surface area (Å²) in [4.78, 5) is 6.92. The Morgan fingerprint density at radius 1 is 1.42 bits per heavy atom. The van der Waals surface area contributed by atoms with Crippen LogP contribution in [0, 0.1) is 11.8 Å². The third kappa shape index (κ3) is 3.96. The highest BCUT2D eigenvalue weighted by atomic mass is 16.4. The van der Waals surface area contributed by atoms with Crippen LogP contribution in [0.1, 0.15) is 46.2 Å². The third-order valence-electron chi connectivity index (χ3n) is 3.76. The first-order valence-electron chi connectivity index (χ1n) is 7.48. The summed E-state index contributed by atoms with van der Waals surface area (Å²) >= 11 is 0. The van der Waals surface area contributed by atoms with Crippen LogP contribution in [-0.4, -0.2) is 24.1 Å². The number of hydrogen-bond donors (Lipinski definition) is 1. The van der Waals surface area contributed by atoms with Gasteiger partial charge >= 0.3 is 0 Å². The number of hydrogen-bond acceptors (Lipinski definition) is 4. The molecule has 0 radical (unpaired) electrons. The van der Waals surface area contributed by atoms with Gasteiger partial charge in [-0.3, -0.25) is 0 Å². The zero-order chi connectivity index (χ0) is 13.8. The fraction of sp³-hybridized carbons (Fsp3) is 0.800. The van der Waals surface area contributed by atoms with Gasteiger partial charge in [0.2, 0.25) is 0 Å². The Morgan fingerprint density at radius 2 is 2.21 bits per heavy atom. The molecule has 0 spiro atoms. The highest BCUT2D eigenvalue weighted by molar-refractivity contribution is 5.29. The van der Waals surface area contributed by atoms with Crippen molar-refractivity contribution in [3.05, 3.63) is 12.0 Å². The molecule has 2 unspecified atom stereocenters. The maximum atomic E-state index is 5.66. The van der Waals surface area contributed by atoms with Crippen molar-refractivity contribution in [1.82, 2.24) is 10.3 Å². The van der Waals surface area contributed by atoms with Crippen LogP contribution in [0.5, 0.6) is 0 Å². The van der Waals surface area contributed by atoms with E-state index in [1.807, 2.05) is 0 Å². The molecule has 0 aliphatic carbocycles. The van der Waals surface area contributed by atoms with Crippen molar-refractivity contribution >= 4 is 6.01 Å². The summed E-state index contributed by atoms with van der Waals surface area (Å²) in [7, 11) is 0. The molecule has 4 heteroatoms. The number of nitrogens with one attached hydrogen (secondary N) is 1. The van der Waals surface area contributed by atoms with Gasteiger partial charge in [-0.25, -0.2) is 0 Å². The largest absolute Gasteiger partial charge is 0.432 e. The molecule has 1 fully saturated rings. The molecule has 1 aromatic heterocycles. The summed E-state index contributed by atoms with van der Waals surface area (Å²) in [6.45, 7) is 11.8. The van der Waals surface area contributed by atoms with E-state index in [4.69, 9.17) is 4.42 Å². The first-order valence-corrected chi connectivity index (χ1v) is 7.48. The van der Waals surface area contributed by atoms with Crippen LogP contribution in [0.3, 0.4) is 0 Å². The van der Waals surface area contributed by atoms with E-state index >= 15 is 0 Å². The van der Waals surface area contributed by atoms with Crippen LogP contribution in [0.15, 0.2) is 10.7 Å². The van der Waals surface area contributed by atoms with Crippen molar-refractivity contribution in [2.45, 2.75) is 53.1 Å². The van der Waals surface area contributed by atoms with Crippen LogP contribution in [0.2, 0.25) is 0 Å². The highest BCUT2D eigenvalue weighted by Gasteiger charge is 2.26. The lowest BCUT2D eigenvalue weighted by molar-refractivity contribution is 0.365. The number of rotatable bonds is 5. The van der Waals surface area contributed by atoms with Crippen molar-refractivity contribution in [2.75, 3.05) is 18.0 Å². The summed E-state index contributed by atoms with van der Waals surface area (Å²) in [6, 6.07) is 1.33. The van der Waals surface area contributed by atoms with E-state index in [1.54, 1.807) is 6.26 Å². The summed E-state index contributed by atoms with van der Waals surface area (Å²) in [6.07, 6.45) is 4.32. The number of piperidine rings is 1. The molecule has 0 bridgehead atoms. The smallest absolute Gasteiger partial charge is 0.297 e. The average Bonchev–Trinajstić information content (AvgIpc) is 2.80. The van der Waals surface area contributed by atoms with Gasteiger partial charge in [0.25, 0.3) is 6.01 Å². The maximum Gasteiger partial charge on any atom is 0.297 e. The molecule has 108 valence electrons. The van der Waals surface area contributed by atoms with E-state index in [9.17, 15) is 0 Å². The Hall–Kier alpha value is -1.03. The Balaban J connectivity index is 1.92. The Bertz CT molecular complexity index is 388. The molecule has 1 saturated heterocycles. The second-order valence-corrected chi connectivity index (χ2v) is 6.33. The molecular weight excluding hydrogens is 238 g/mol. The van der Waals surface area contributed by atoms with Gasteiger partial charge in [0.15, 0.2) is 0 Å². The lowest BCUT2D eigenvalue weighted by Crippen LogP contribution is -2.41. The average molecular weight is 265 g/mol. The van der Waals surface area contributed by atoms with E-state index in [2.05, 4.69) is 42.9 Å². The van der Waals surface area contributed by atoms with Crippen molar-refractivity contribution in [1.29, 1.82) is 0 Å². The van der Waals surface area contributed by atoms with Gasteiger partial charge in [0, 0.05) is 19.1 Å². The van der Waals surface area contributed by atoms with Crippen LogP contribution in [0.4, 0.5) is 6.01 Å². The molecule has 19 heavy (non-hydrogen) atoms. The van der Waals surface area contributed by atoms with E-state index in [0.717, 1.165) is 37.3 Å². The molecule has 2 heterocycles. The van der Waals surface area contributed by atoms with Crippen LogP contribution >= 0.6 is 0 Å². The molecule has 0 amide bonds. The van der Waals surface area contributed by atoms with E-state index in [-0.39, 0.29) is 0 Å². The lowest BCUT2D eigenvalue weighted by Gasteiger charge is -2.35. The Labute approximate surface area is 116 Å². The van der Waals surface area contributed by atoms with Gasteiger partial charge < -0.3 is 14.6 Å². The third-order valence-corrected chi connectivity index (χ3v) is 3.76. The minimum absolute atomic E-state index is 0.534. The summed E-state index contributed by atoms with van der Waals surface area (Å²) in [5, 5.41) is 3.40. The quantitative estimate of drug-likeness (QED) is 0.888. The number of oxazole rings is 1. The monoisotopic (exact) mass is 265 g/mol. The molecule has 1 N–H and O–H groups in total. The van der Waals surface area contributed by atoms with E-state index < -0.39 is 0 Å². The molecule has 1 aromatic rings. The molecule has 2 atom stereocenters. The highest BCUT2D eigenvalue weighted by Crippen LogP contribution is 2.26. The van der Waals surface area contributed by atoms with E-state index in [0.29, 0.717) is 12.0 Å². The van der Waals surface area contributed by atoms with Crippen molar-refractivity contribution in [3.8, 4) is 0 Å². The van der Waals surface area contributed by atoms with Gasteiger partial charge in [0.1, 0.15) is 6.26 Å². The maximum absolute atomic E-state index is 5.66. The minimum atomic E-state index is 0.534. The number of nitrogens with zero attached hydrogens (tertiary/aromatic N) is 2. The zero-order valence-electron chi connectivity index (χ0n) is 12.6. The first kappa shape index (κ1) is 14.4. The molecule has 1 aliphatic rings. The van der Waals surface area contributed by atoms with Gasteiger partial charge in [0.05, 0.1) is 5.69 Å². The number of anilines is 1. The van der Waals surface area contributed by atoms with Crippen LogP contribution in [0.25, 0.3) is 0 Å². The van der Waals surface area contributed by atoms with Gasteiger partial charge in [-0.1, -0.05) is 20.8 Å². The summed E-state index contributed by atoms with van der Waals surface area (Å²) in [5.41, 5.74) is 1.00. The second-order valence-electron chi connectivity index (χ2n) is 6.33. The SMILES string of the molecule is CC(C)CNCc1coc(N2CC(C)CCC2C)n1. The molecule has 2 rings (SSSR count). The molecular formula is C15H27N3O. The summed E-state index contributed by atoms with van der Waals surface area (Å²) in [5.74, 6) is 1.39. The van der Waals surface area contributed by atoms with Crippen molar-refractivity contribution in [2.24, 2.45) is 11.8 Å². The standard InChI is InChI=1S/C15H27N3O/c1-11(2)7-16-8-14-10-19-15(17-14)18-9-12(3)5-6-13(18)4/h10-13,16H,5-9H2,1-4H3. The van der Waals surface area contributed by atoms with Gasteiger partial charge in [-0.2, -0.15) is 4.98 Å².